The summed E-state index contributed by atoms with van der Waals surface area (Å²) in [5.74, 6) is 0. The summed E-state index contributed by atoms with van der Waals surface area (Å²) in [6.07, 6.45) is -0.0852. The molecular formula is C16H27NO3S. The van der Waals surface area contributed by atoms with Crippen molar-refractivity contribution in [1.82, 2.24) is 4.31 Å². The van der Waals surface area contributed by atoms with E-state index in [2.05, 4.69) is 20.8 Å². The molecule has 21 heavy (non-hydrogen) atoms. The fraction of sp³-hybridized carbons (Fsp3) is 0.625. The lowest BCUT2D eigenvalue weighted by molar-refractivity contribution is 0.177. The van der Waals surface area contributed by atoms with Gasteiger partial charge in [-0.3, -0.25) is 0 Å². The summed E-state index contributed by atoms with van der Waals surface area (Å²) in [6.45, 7) is 9.95. The van der Waals surface area contributed by atoms with E-state index in [-0.39, 0.29) is 5.41 Å². The van der Waals surface area contributed by atoms with Gasteiger partial charge in [-0.25, -0.2) is 12.7 Å². The Kier molecular flexibility index (Phi) is 5.58. The van der Waals surface area contributed by atoms with Crippen LogP contribution in [0, 0.1) is 6.92 Å². The standard InChI is InChI=1S/C16H27NO3S/c1-12-7-8-14(16(3,4)5)11-15(12)21(19,20)17(6)10-9-13(2)18/h7-8,11,13,18H,9-10H2,1-6H3. The lowest BCUT2D eigenvalue weighted by Gasteiger charge is -2.23. The largest absolute Gasteiger partial charge is 0.393 e. The molecule has 0 heterocycles. The third-order valence-corrected chi connectivity index (χ3v) is 5.60. The van der Waals surface area contributed by atoms with Crippen molar-refractivity contribution in [2.75, 3.05) is 13.6 Å². The highest BCUT2D eigenvalue weighted by atomic mass is 32.2. The number of sulfonamides is 1. The molecule has 1 rings (SSSR count). The molecule has 0 amide bonds. The zero-order valence-corrected chi connectivity index (χ0v) is 14.7. The third-order valence-electron chi connectivity index (χ3n) is 3.60. The van der Waals surface area contributed by atoms with Crippen LogP contribution in [0.2, 0.25) is 0 Å². The minimum absolute atomic E-state index is 0.101. The van der Waals surface area contributed by atoms with Crippen molar-refractivity contribution < 1.29 is 13.5 Å². The topological polar surface area (TPSA) is 57.6 Å². The average molecular weight is 313 g/mol. The van der Waals surface area contributed by atoms with E-state index in [1.807, 2.05) is 19.1 Å². The fourth-order valence-electron chi connectivity index (χ4n) is 2.00. The first-order chi connectivity index (χ1) is 9.46. The molecule has 0 radical (unpaired) electrons. The molecule has 0 saturated heterocycles. The van der Waals surface area contributed by atoms with E-state index < -0.39 is 16.1 Å². The van der Waals surface area contributed by atoms with Crippen LogP contribution in [0.15, 0.2) is 23.1 Å². The van der Waals surface area contributed by atoms with E-state index in [0.717, 1.165) is 11.1 Å². The summed E-state index contributed by atoms with van der Waals surface area (Å²) >= 11 is 0. The first-order valence-electron chi connectivity index (χ1n) is 7.22. The van der Waals surface area contributed by atoms with Crippen molar-refractivity contribution in [1.29, 1.82) is 0 Å². The predicted molar refractivity (Wildman–Crippen MR) is 86.0 cm³/mol. The van der Waals surface area contributed by atoms with E-state index in [0.29, 0.717) is 17.9 Å². The summed E-state index contributed by atoms with van der Waals surface area (Å²) in [6, 6.07) is 5.60. The third kappa shape index (κ3) is 4.53. The second kappa shape index (κ2) is 6.46. The van der Waals surface area contributed by atoms with Gasteiger partial charge in [0.05, 0.1) is 11.0 Å². The van der Waals surface area contributed by atoms with Gasteiger partial charge in [0.25, 0.3) is 0 Å². The molecule has 0 aliphatic rings. The van der Waals surface area contributed by atoms with Crippen molar-refractivity contribution in [3.8, 4) is 0 Å². The highest BCUT2D eigenvalue weighted by Gasteiger charge is 2.25. The number of hydrogen-bond acceptors (Lipinski definition) is 3. The van der Waals surface area contributed by atoms with Gasteiger partial charge >= 0.3 is 0 Å². The summed E-state index contributed by atoms with van der Waals surface area (Å²) in [5, 5.41) is 9.32. The number of aryl methyl sites for hydroxylation is 1. The van der Waals surface area contributed by atoms with E-state index in [4.69, 9.17) is 0 Å². The molecule has 0 aliphatic heterocycles. The van der Waals surface area contributed by atoms with E-state index >= 15 is 0 Å². The molecule has 1 N–H and O–H groups in total. The van der Waals surface area contributed by atoms with Crippen LogP contribution in [0.3, 0.4) is 0 Å². The Morgan fingerprint density at radius 2 is 1.86 bits per heavy atom. The first-order valence-corrected chi connectivity index (χ1v) is 8.66. The Bertz CT molecular complexity index is 586. The smallest absolute Gasteiger partial charge is 0.243 e. The molecule has 0 aromatic heterocycles. The Labute approximate surface area is 128 Å². The minimum Gasteiger partial charge on any atom is -0.393 e. The molecule has 1 aromatic carbocycles. The van der Waals surface area contributed by atoms with Crippen LogP contribution in [0.5, 0.6) is 0 Å². The molecule has 1 atom stereocenters. The summed E-state index contributed by atoms with van der Waals surface area (Å²) < 4.78 is 26.7. The molecule has 0 bridgehead atoms. The maximum absolute atomic E-state index is 12.7. The van der Waals surface area contributed by atoms with Crippen LogP contribution >= 0.6 is 0 Å². The Morgan fingerprint density at radius 1 is 1.29 bits per heavy atom. The van der Waals surface area contributed by atoms with E-state index in [1.165, 1.54) is 4.31 Å². The minimum atomic E-state index is -3.53. The van der Waals surface area contributed by atoms with Gasteiger partial charge in [-0.05, 0) is 42.9 Å². The zero-order chi connectivity index (χ0) is 16.4. The van der Waals surface area contributed by atoms with Gasteiger partial charge in [0, 0.05) is 13.6 Å². The number of aliphatic hydroxyl groups is 1. The molecular weight excluding hydrogens is 286 g/mol. The van der Waals surface area contributed by atoms with E-state index in [1.54, 1.807) is 20.0 Å². The first kappa shape index (κ1) is 18.1. The predicted octanol–water partition coefficient (Wildman–Crippen LogP) is 2.68. The van der Waals surface area contributed by atoms with Crippen molar-refractivity contribution in [2.24, 2.45) is 0 Å². The van der Waals surface area contributed by atoms with Gasteiger partial charge in [-0.2, -0.15) is 0 Å². The average Bonchev–Trinajstić information content (AvgIpc) is 2.34. The van der Waals surface area contributed by atoms with Gasteiger partial charge in [0.1, 0.15) is 0 Å². The van der Waals surface area contributed by atoms with Crippen LogP contribution in [0.25, 0.3) is 0 Å². The molecule has 1 aromatic rings. The molecule has 4 nitrogen and oxygen atoms in total. The molecule has 0 saturated carbocycles. The summed E-state index contributed by atoms with van der Waals surface area (Å²) in [7, 11) is -1.97. The highest BCUT2D eigenvalue weighted by Crippen LogP contribution is 2.28. The summed E-state index contributed by atoms with van der Waals surface area (Å²) in [5.41, 5.74) is 1.64. The van der Waals surface area contributed by atoms with Gasteiger partial charge in [-0.1, -0.05) is 32.9 Å². The molecule has 0 aliphatic carbocycles. The van der Waals surface area contributed by atoms with Gasteiger partial charge < -0.3 is 5.11 Å². The summed E-state index contributed by atoms with van der Waals surface area (Å²) in [4.78, 5) is 0.350. The number of aliphatic hydroxyl groups excluding tert-OH is 1. The lowest BCUT2D eigenvalue weighted by Crippen LogP contribution is -2.30. The maximum atomic E-state index is 12.7. The Hall–Kier alpha value is -0.910. The lowest BCUT2D eigenvalue weighted by atomic mass is 9.87. The number of hydrogen-bond donors (Lipinski definition) is 1. The van der Waals surface area contributed by atoms with E-state index in [9.17, 15) is 13.5 Å². The molecule has 0 fully saturated rings. The zero-order valence-electron chi connectivity index (χ0n) is 13.8. The van der Waals surface area contributed by atoms with Crippen LogP contribution in [-0.4, -0.2) is 37.5 Å². The molecule has 120 valence electrons. The SMILES string of the molecule is Cc1ccc(C(C)(C)C)cc1S(=O)(=O)N(C)CCC(C)O. The highest BCUT2D eigenvalue weighted by molar-refractivity contribution is 7.89. The van der Waals surface area contributed by atoms with Crippen LogP contribution < -0.4 is 0 Å². The second-order valence-corrected chi connectivity index (χ2v) is 8.71. The molecule has 5 heteroatoms. The number of benzene rings is 1. The van der Waals surface area contributed by atoms with Gasteiger partial charge in [0.15, 0.2) is 0 Å². The van der Waals surface area contributed by atoms with Gasteiger partial charge in [-0.15, -0.1) is 0 Å². The maximum Gasteiger partial charge on any atom is 0.243 e. The normalized spacial score (nSPS) is 14.5. The Morgan fingerprint density at radius 3 is 2.33 bits per heavy atom. The fourth-order valence-corrected chi connectivity index (χ4v) is 3.43. The second-order valence-electron chi connectivity index (χ2n) is 6.69. The number of nitrogens with zero attached hydrogens (tertiary/aromatic N) is 1. The van der Waals surface area contributed by atoms with Crippen molar-refractivity contribution in [3.05, 3.63) is 29.3 Å². The van der Waals surface area contributed by atoms with Crippen LogP contribution in [0.1, 0.15) is 45.2 Å². The van der Waals surface area contributed by atoms with Crippen LogP contribution in [0.4, 0.5) is 0 Å². The van der Waals surface area contributed by atoms with Crippen LogP contribution in [-0.2, 0) is 15.4 Å². The molecule has 0 spiro atoms. The van der Waals surface area contributed by atoms with Crippen molar-refractivity contribution in [3.63, 3.8) is 0 Å². The number of rotatable bonds is 5. The molecule has 1 unspecified atom stereocenters. The van der Waals surface area contributed by atoms with Gasteiger partial charge in [0.2, 0.25) is 10.0 Å². The van der Waals surface area contributed by atoms with Crippen molar-refractivity contribution in [2.45, 2.75) is 57.5 Å². The van der Waals surface area contributed by atoms with Crippen molar-refractivity contribution >= 4 is 10.0 Å². The Balaban J connectivity index is 3.19. The monoisotopic (exact) mass is 313 g/mol. The quantitative estimate of drug-likeness (QED) is 0.909.